The molecule has 1 aliphatic rings. The van der Waals surface area contributed by atoms with Crippen LogP contribution in [0.25, 0.3) is 0 Å². The van der Waals surface area contributed by atoms with Crippen molar-refractivity contribution in [1.82, 2.24) is 14.5 Å². The Bertz CT molecular complexity index is 884. The second-order valence-electron chi connectivity index (χ2n) is 6.67. The summed E-state index contributed by atoms with van der Waals surface area (Å²) in [7, 11) is 0. The number of benzene rings is 1. The van der Waals surface area contributed by atoms with Gasteiger partial charge in [0.1, 0.15) is 11.6 Å². The zero-order valence-electron chi connectivity index (χ0n) is 14.3. The van der Waals surface area contributed by atoms with Crippen LogP contribution in [0.4, 0.5) is 4.39 Å². The van der Waals surface area contributed by atoms with Crippen molar-refractivity contribution in [2.45, 2.75) is 25.9 Å². The van der Waals surface area contributed by atoms with Gasteiger partial charge in [0.05, 0.1) is 19.4 Å². The average Bonchev–Trinajstić information content (AvgIpc) is 3.10. The molecular formula is C20H20FN3O2. The molecule has 3 aromatic rings. The summed E-state index contributed by atoms with van der Waals surface area (Å²) in [5.74, 6) is 1.23. The number of rotatable bonds is 7. The summed E-state index contributed by atoms with van der Waals surface area (Å²) >= 11 is 0. The van der Waals surface area contributed by atoms with Gasteiger partial charge in [-0.15, -0.1) is 0 Å². The minimum Gasteiger partial charge on any atom is -0.459 e. The number of furan rings is 1. The molecule has 0 saturated heterocycles. The second-order valence-corrected chi connectivity index (χ2v) is 6.67. The molecule has 0 N–H and O–H groups in total. The van der Waals surface area contributed by atoms with E-state index in [1.807, 2.05) is 16.8 Å². The smallest absolute Gasteiger partial charge is 0.289 e. The molecule has 1 saturated carbocycles. The van der Waals surface area contributed by atoms with E-state index in [0.29, 0.717) is 36.9 Å². The summed E-state index contributed by atoms with van der Waals surface area (Å²) in [5.41, 5.74) is 0.595. The molecule has 0 bridgehead atoms. The number of halogens is 1. The largest absolute Gasteiger partial charge is 0.459 e. The van der Waals surface area contributed by atoms with Crippen LogP contribution in [0.5, 0.6) is 0 Å². The number of nitrogens with zero attached hydrogens (tertiary/aromatic N) is 3. The Morgan fingerprint density at radius 3 is 2.85 bits per heavy atom. The van der Waals surface area contributed by atoms with Crippen LogP contribution >= 0.6 is 0 Å². The Hall–Kier alpha value is -2.89. The molecule has 0 aliphatic heterocycles. The number of carbonyl (C=O) groups is 1. The molecule has 5 nitrogen and oxygen atoms in total. The molecule has 2 aromatic heterocycles. The highest BCUT2D eigenvalue weighted by Crippen LogP contribution is 2.30. The fraction of sp³-hybridized carbons (Fsp3) is 0.300. The average molecular weight is 353 g/mol. The molecule has 0 spiro atoms. The highest BCUT2D eigenvalue weighted by atomic mass is 19.1. The lowest BCUT2D eigenvalue weighted by molar-refractivity contribution is 0.0696. The van der Waals surface area contributed by atoms with E-state index in [4.69, 9.17) is 4.42 Å². The number of hydrogen-bond acceptors (Lipinski definition) is 3. The van der Waals surface area contributed by atoms with Crippen molar-refractivity contribution in [3.8, 4) is 0 Å². The number of hydrogen-bond donors (Lipinski definition) is 0. The van der Waals surface area contributed by atoms with E-state index in [9.17, 15) is 9.18 Å². The van der Waals surface area contributed by atoms with Gasteiger partial charge in [-0.05, 0) is 37.0 Å². The monoisotopic (exact) mass is 353 g/mol. The Kier molecular flexibility index (Phi) is 4.56. The van der Waals surface area contributed by atoms with Crippen LogP contribution in [0.3, 0.4) is 0 Å². The summed E-state index contributed by atoms with van der Waals surface area (Å²) in [4.78, 5) is 18.9. The summed E-state index contributed by atoms with van der Waals surface area (Å²) in [6.45, 7) is 1.44. The maximum Gasteiger partial charge on any atom is 0.289 e. The normalized spacial score (nSPS) is 13.7. The first-order valence-electron chi connectivity index (χ1n) is 8.77. The molecule has 1 aromatic carbocycles. The molecule has 4 rings (SSSR count). The lowest BCUT2D eigenvalue weighted by atomic mass is 10.2. The van der Waals surface area contributed by atoms with Crippen molar-refractivity contribution >= 4 is 5.91 Å². The van der Waals surface area contributed by atoms with E-state index >= 15 is 0 Å². The van der Waals surface area contributed by atoms with Gasteiger partial charge < -0.3 is 13.9 Å². The van der Waals surface area contributed by atoms with E-state index in [1.165, 1.54) is 12.3 Å². The van der Waals surface area contributed by atoms with Gasteiger partial charge in [0, 0.05) is 24.5 Å². The summed E-state index contributed by atoms with van der Waals surface area (Å²) in [6, 6.07) is 10.1. The molecule has 1 amide bonds. The fourth-order valence-corrected chi connectivity index (χ4v) is 3.00. The van der Waals surface area contributed by atoms with Crippen molar-refractivity contribution in [2.75, 3.05) is 6.54 Å². The van der Waals surface area contributed by atoms with Crippen molar-refractivity contribution in [3.05, 3.63) is 78.0 Å². The summed E-state index contributed by atoms with van der Waals surface area (Å²) in [6.07, 6.45) is 7.29. The van der Waals surface area contributed by atoms with E-state index in [-0.39, 0.29) is 11.7 Å². The first-order chi connectivity index (χ1) is 12.7. The third-order valence-electron chi connectivity index (χ3n) is 4.63. The zero-order chi connectivity index (χ0) is 17.9. The fourth-order valence-electron chi connectivity index (χ4n) is 3.00. The van der Waals surface area contributed by atoms with Gasteiger partial charge in [-0.1, -0.05) is 18.2 Å². The van der Waals surface area contributed by atoms with Gasteiger partial charge in [0.25, 0.3) is 5.91 Å². The van der Waals surface area contributed by atoms with Crippen LogP contribution in [0.1, 0.15) is 34.8 Å². The molecule has 6 heteroatoms. The molecule has 134 valence electrons. The lowest BCUT2D eigenvalue weighted by Gasteiger charge is -2.22. The molecule has 0 atom stereocenters. The SMILES string of the molecule is O=C(c1ccco1)N(Cc1nccn1Cc1ccccc1F)CC1CC1. The molecular weight excluding hydrogens is 333 g/mol. The minimum absolute atomic E-state index is 0.137. The first-order valence-corrected chi connectivity index (χ1v) is 8.77. The highest BCUT2D eigenvalue weighted by Gasteiger charge is 2.29. The summed E-state index contributed by atoms with van der Waals surface area (Å²) in [5, 5.41) is 0. The van der Waals surface area contributed by atoms with Crippen LogP contribution in [0, 0.1) is 11.7 Å². The molecule has 1 aliphatic carbocycles. The minimum atomic E-state index is -0.242. The third-order valence-corrected chi connectivity index (χ3v) is 4.63. The Labute approximate surface area is 151 Å². The standard InChI is InChI=1S/C20H20FN3O2/c21-17-5-2-1-4-16(17)13-23-10-9-22-19(23)14-24(12-15-7-8-15)20(25)18-6-3-11-26-18/h1-6,9-11,15H,7-8,12-14H2. The van der Waals surface area contributed by atoms with Crippen LogP contribution in [-0.4, -0.2) is 26.9 Å². The quantitative estimate of drug-likeness (QED) is 0.650. The number of carbonyl (C=O) groups excluding carboxylic acids is 1. The number of aromatic nitrogens is 2. The van der Waals surface area contributed by atoms with Gasteiger partial charge in [-0.25, -0.2) is 9.37 Å². The Morgan fingerprint density at radius 1 is 1.27 bits per heavy atom. The third kappa shape index (κ3) is 3.69. The van der Waals surface area contributed by atoms with Crippen molar-refractivity contribution < 1.29 is 13.6 Å². The highest BCUT2D eigenvalue weighted by molar-refractivity contribution is 5.91. The van der Waals surface area contributed by atoms with Gasteiger partial charge in [0.2, 0.25) is 0 Å². The van der Waals surface area contributed by atoms with E-state index in [0.717, 1.165) is 18.7 Å². The van der Waals surface area contributed by atoms with Crippen LogP contribution in [-0.2, 0) is 13.1 Å². The van der Waals surface area contributed by atoms with Crippen molar-refractivity contribution in [2.24, 2.45) is 5.92 Å². The van der Waals surface area contributed by atoms with Gasteiger partial charge in [-0.3, -0.25) is 4.79 Å². The van der Waals surface area contributed by atoms with Crippen LogP contribution < -0.4 is 0 Å². The molecule has 0 radical (unpaired) electrons. The molecule has 0 unspecified atom stereocenters. The van der Waals surface area contributed by atoms with Gasteiger partial charge >= 0.3 is 0 Å². The summed E-state index contributed by atoms with van der Waals surface area (Å²) < 4.78 is 21.1. The molecule has 1 fully saturated rings. The van der Waals surface area contributed by atoms with E-state index < -0.39 is 0 Å². The second kappa shape index (κ2) is 7.15. The zero-order valence-corrected chi connectivity index (χ0v) is 14.3. The Morgan fingerprint density at radius 2 is 2.12 bits per heavy atom. The predicted octanol–water partition coefficient (Wildman–Crippen LogP) is 3.72. The van der Waals surface area contributed by atoms with Crippen LogP contribution in [0.2, 0.25) is 0 Å². The molecule has 26 heavy (non-hydrogen) atoms. The van der Waals surface area contributed by atoms with Gasteiger partial charge in [-0.2, -0.15) is 0 Å². The maximum absolute atomic E-state index is 14.0. The van der Waals surface area contributed by atoms with Crippen LogP contribution in [0.15, 0.2) is 59.5 Å². The van der Waals surface area contributed by atoms with Crippen molar-refractivity contribution in [3.63, 3.8) is 0 Å². The first kappa shape index (κ1) is 16.6. The van der Waals surface area contributed by atoms with Gasteiger partial charge in [0.15, 0.2) is 5.76 Å². The number of imidazole rings is 1. The maximum atomic E-state index is 14.0. The van der Waals surface area contributed by atoms with E-state index in [2.05, 4.69) is 4.98 Å². The molecule has 2 heterocycles. The number of amides is 1. The van der Waals surface area contributed by atoms with Crippen molar-refractivity contribution in [1.29, 1.82) is 0 Å². The topological polar surface area (TPSA) is 51.3 Å². The lowest BCUT2D eigenvalue weighted by Crippen LogP contribution is -2.33. The predicted molar refractivity (Wildman–Crippen MR) is 93.9 cm³/mol. The Balaban J connectivity index is 1.53. The van der Waals surface area contributed by atoms with E-state index in [1.54, 1.807) is 35.4 Å².